The Balaban J connectivity index is 3.63. The number of rotatable bonds is 11. The van der Waals surface area contributed by atoms with Crippen molar-refractivity contribution >= 4 is 0 Å². The summed E-state index contributed by atoms with van der Waals surface area (Å²) in [5.41, 5.74) is 0. The monoisotopic (exact) mass is 276 g/mol. The first-order valence-corrected chi connectivity index (χ1v) is 7.24. The molecule has 0 aromatic heterocycles. The molecule has 0 saturated carbocycles. The summed E-state index contributed by atoms with van der Waals surface area (Å²) in [6, 6.07) is 0. The van der Waals surface area contributed by atoms with Crippen molar-refractivity contribution in [2.24, 2.45) is 5.92 Å². The van der Waals surface area contributed by atoms with Crippen molar-refractivity contribution in [2.75, 3.05) is 26.9 Å². The lowest BCUT2D eigenvalue weighted by molar-refractivity contribution is -0.0853. The zero-order valence-corrected chi connectivity index (χ0v) is 13.6. The summed E-state index contributed by atoms with van der Waals surface area (Å²) in [7, 11) is 1.69. The van der Waals surface area contributed by atoms with Gasteiger partial charge in [0, 0.05) is 7.11 Å². The van der Waals surface area contributed by atoms with Crippen LogP contribution in [0.5, 0.6) is 0 Å². The van der Waals surface area contributed by atoms with Gasteiger partial charge in [0.15, 0.2) is 0 Å². The molecule has 0 heterocycles. The van der Waals surface area contributed by atoms with Crippen molar-refractivity contribution < 1.29 is 18.9 Å². The molecule has 116 valence electrons. The average Bonchev–Trinajstić information content (AvgIpc) is 2.39. The minimum absolute atomic E-state index is 0.0718. The van der Waals surface area contributed by atoms with E-state index in [1.807, 2.05) is 20.8 Å². The molecule has 0 fully saturated rings. The Hall–Kier alpha value is -0.160. The van der Waals surface area contributed by atoms with Crippen molar-refractivity contribution in [1.29, 1.82) is 0 Å². The molecule has 0 spiro atoms. The Morgan fingerprint density at radius 1 is 0.632 bits per heavy atom. The van der Waals surface area contributed by atoms with Crippen molar-refractivity contribution in [3.05, 3.63) is 0 Å². The number of methoxy groups -OCH3 is 1. The van der Waals surface area contributed by atoms with Gasteiger partial charge in [-0.2, -0.15) is 0 Å². The molecule has 0 aliphatic heterocycles. The van der Waals surface area contributed by atoms with Gasteiger partial charge < -0.3 is 18.9 Å². The molecule has 0 amide bonds. The van der Waals surface area contributed by atoms with Crippen molar-refractivity contribution in [1.82, 2.24) is 0 Å². The molecule has 4 atom stereocenters. The van der Waals surface area contributed by atoms with E-state index in [4.69, 9.17) is 18.9 Å². The number of ether oxygens (including phenoxy) is 4. The summed E-state index contributed by atoms with van der Waals surface area (Å²) < 4.78 is 22.2. The van der Waals surface area contributed by atoms with Crippen LogP contribution >= 0.6 is 0 Å². The normalized spacial score (nSPS) is 18.3. The molecule has 0 aromatic carbocycles. The van der Waals surface area contributed by atoms with Gasteiger partial charge in [0.05, 0.1) is 44.2 Å². The van der Waals surface area contributed by atoms with Crippen LogP contribution in [-0.2, 0) is 18.9 Å². The van der Waals surface area contributed by atoms with E-state index in [0.717, 1.165) is 0 Å². The standard InChI is InChI=1S/C15H32O4/c1-11(2)15(6)19-10-14(5)18-9-13(4)17-8-12(3)16-7/h11-15H,8-10H2,1-7H3. The van der Waals surface area contributed by atoms with Gasteiger partial charge in [0.2, 0.25) is 0 Å². The first kappa shape index (κ1) is 18.8. The fourth-order valence-corrected chi connectivity index (χ4v) is 1.24. The topological polar surface area (TPSA) is 36.9 Å². The van der Waals surface area contributed by atoms with Gasteiger partial charge in [-0.3, -0.25) is 0 Å². The molecule has 4 heteroatoms. The molecule has 0 rings (SSSR count). The van der Waals surface area contributed by atoms with Crippen LogP contribution in [0.25, 0.3) is 0 Å². The minimum atomic E-state index is 0.0718. The maximum atomic E-state index is 5.73. The maximum Gasteiger partial charge on any atom is 0.0781 e. The highest BCUT2D eigenvalue weighted by Gasteiger charge is 2.12. The summed E-state index contributed by atoms with van der Waals surface area (Å²) in [4.78, 5) is 0. The lowest BCUT2D eigenvalue weighted by atomic mass is 10.1. The van der Waals surface area contributed by atoms with Crippen LogP contribution in [0.1, 0.15) is 41.5 Å². The fraction of sp³-hybridized carbons (Fsp3) is 1.00. The molecule has 0 aliphatic rings. The molecule has 0 saturated heterocycles. The zero-order valence-electron chi connectivity index (χ0n) is 13.6. The van der Waals surface area contributed by atoms with E-state index in [1.54, 1.807) is 7.11 Å². The Kier molecular flexibility index (Phi) is 10.5. The van der Waals surface area contributed by atoms with E-state index in [1.165, 1.54) is 0 Å². The van der Waals surface area contributed by atoms with Gasteiger partial charge in [-0.25, -0.2) is 0 Å². The summed E-state index contributed by atoms with van der Waals surface area (Å²) in [5, 5.41) is 0. The third kappa shape index (κ3) is 10.3. The third-order valence-corrected chi connectivity index (χ3v) is 3.17. The minimum Gasteiger partial charge on any atom is -0.379 e. The Labute approximate surface area is 118 Å². The van der Waals surface area contributed by atoms with Gasteiger partial charge in [-0.05, 0) is 33.6 Å². The van der Waals surface area contributed by atoms with E-state index >= 15 is 0 Å². The molecule has 0 aromatic rings. The smallest absolute Gasteiger partial charge is 0.0781 e. The predicted molar refractivity (Wildman–Crippen MR) is 77.6 cm³/mol. The van der Waals surface area contributed by atoms with Gasteiger partial charge in [-0.15, -0.1) is 0 Å². The Bertz CT molecular complexity index is 208. The van der Waals surface area contributed by atoms with E-state index in [0.29, 0.717) is 25.7 Å². The molecule has 0 radical (unpaired) electrons. The predicted octanol–water partition coefficient (Wildman–Crippen LogP) is 2.89. The van der Waals surface area contributed by atoms with Gasteiger partial charge in [-0.1, -0.05) is 13.8 Å². The molecule has 0 bridgehead atoms. The summed E-state index contributed by atoms with van der Waals surface area (Å²) >= 11 is 0. The lowest BCUT2D eigenvalue weighted by Crippen LogP contribution is -2.28. The first-order valence-electron chi connectivity index (χ1n) is 7.24. The van der Waals surface area contributed by atoms with E-state index in [2.05, 4.69) is 20.8 Å². The molecule has 0 aliphatic carbocycles. The van der Waals surface area contributed by atoms with Crippen LogP contribution in [0.2, 0.25) is 0 Å². The van der Waals surface area contributed by atoms with Crippen molar-refractivity contribution in [2.45, 2.75) is 66.0 Å². The molecule has 4 nitrogen and oxygen atoms in total. The highest BCUT2D eigenvalue weighted by atomic mass is 16.6. The molecule has 19 heavy (non-hydrogen) atoms. The summed E-state index contributed by atoms with van der Waals surface area (Å²) in [5.74, 6) is 0.532. The third-order valence-electron chi connectivity index (χ3n) is 3.17. The van der Waals surface area contributed by atoms with E-state index in [9.17, 15) is 0 Å². The summed E-state index contributed by atoms with van der Waals surface area (Å²) in [6.45, 7) is 14.2. The van der Waals surface area contributed by atoms with Gasteiger partial charge in [0.25, 0.3) is 0 Å². The second-order valence-corrected chi connectivity index (χ2v) is 5.62. The van der Waals surface area contributed by atoms with E-state index < -0.39 is 0 Å². The average molecular weight is 276 g/mol. The lowest BCUT2D eigenvalue weighted by Gasteiger charge is -2.22. The van der Waals surface area contributed by atoms with Gasteiger partial charge >= 0.3 is 0 Å². The summed E-state index contributed by atoms with van der Waals surface area (Å²) in [6.07, 6.45) is 0.548. The molecular weight excluding hydrogens is 244 g/mol. The maximum absolute atomic E-state index is 5.73. The van der Waals surface area contributed by atoms with Crippen molar-refractivity contribution in [3.63, 3.8) is 0 Å². The second kappa shape index (κ2) is 10.6. The fourth-order valence-electron chi connectivity index (χ4n) is 1.24. The molecule has 0 N–H and O–H groups in total. The van der Waals surface area contributed by atoms with Crippen LogP contribution in [-0.4, -0.2) is 51.3 Å². The molecular formula is C15H32O4. The highest BCUT2D eigenvalue weighted by Crippen LogP contribution is 2.07. The Morgan fingerprint density at radius 3 is 1.47 bits per heavy atom. The second-order valence-electron chi connectivity index (χ2n) is 5.62. The zero-order chi connectivity index (χ0) is 14.8. The number of hydrogen-bond acceptors (Lipinski definition) is 4. The van der Waals surface area contributed by atoms with Crippen LogP contribution in [0, 0.1) is 5.92 Å². The van der Waals surface area contributed by atoms with Crippen LogP contribution in [0.4, 0.5) is 0 Å². The van der Waals surface area contributed by atoms with Crippen LogP contribution < -0.4 is 0 Å². The number of hydrogen-bond donors (Lipinski definition) is 0. The van der Waals surface area contributed by atoms with Gasteiger partial charge in [0.1, 0.15) is 0 Å². The molecule has 4 unspecified atom stereocenters. The highest BCUT2D eigenvalue weighted by molar-refractivity contribution is 4.58. The van der Waals surface area contributed by atoms with E-state index in [-0.39, 0.29) is 24.4 Å². The van der Waals surface area contributed by atoms with Crippen LogP contribution in [0.3, 0.4) is 0 Å². The largest absolute Gasteiger partial charge is 0.379 e. The van der Waals surface area contributed by atoms with Crippen LogP contribution in [0.15, 0.2) is 0 Å². The Morgan fingerprint density at radius 2 is 1.05 bits per heavy atom. The van der Waals surface area contributed by atoms with Crippen molar-refractivity contribution in [3.8, 4) is 0 Å². The first-order chi connectivity index (χ1) is 8.86. The quantitative estimate of drug-likeness (QED) is 0.581. The SMILES string of the molecule is COC(C)COC(C)COC(C)COC(C)C(C)C.